The minimum Gasteiger partial charge on any atom is -0.489 e. The van der Waals surface area contributed by atoms with Gasteiger partial charge in [0.25, 0.3) is 0 Å². The molecule has 0 saturated carbocycles. The van der Waals surface area contributed by atoms with E-state index in [9.17, 15) is 13.2 Å². The maximum absolute atomic E-state index is 12.8. The molecule has 2 heterocycles. The van der Waals surface area contributed by atoms with Crippen LogP contribution in [0.2, 0.25) is 0 Å². The van der Waals surface area contributed by atoms with Crippen molar-refractivity contribution in [3.8, 4) is 5.75 Å². The molecule has 23 heavy (non-hydrogen) atoms. The van der Waals surface area contributed by atoms with Gasteiger partial charge in [0.1, 0.15) is 18.9 Å². The van der Waals surface area contributed by atoms with E-state index in [0.717, 1.165) is 17.6 Å². The number of hydrogen-bond donors (Lipinski definition) is 1. The van der Waals surface area contributed by atoms with Crippen LogP contribution < -0.4 is 10.1 Å². The first-order chi connectivity index (χ1) is 10.7. The topological polar surface area (TPSA) is 29.4 Å². The minimum atomic E-state index is -4.25. The van der Waals surface area contributed by atoms with Gasteiger partial charge in [-0.1, -0.05) is 0 Å². The molecule has 126 valence electrons. The Morgan fingerprint density at radius 3 is 2.78 bits per heavy atom. The van der Waals surface area contributed by atoms with Gasteiger partial charge in [0.2, 0.25) is 0 Å². The van der Waals surface area contributed by atoms with Crippen LogP contribution in [0.5, 0.6) is 5.75 Å². The lowest BCUT2D eigenvalue weighted by atomic mass is 10.1. The molecule has 0 aliphatic carbocycles. The Balaban J connectivity index is 2.02. The number of ether oxygens (including phenoxy) is 1. The molecule has 0 fully saturated rings. The first-order valence-corrected chi connectivity index (χ1v) is 8.25. The van der Waals surface area contributed by atoms with Gasteiger partial charge < -0.3 is 19.5 Å². The molecule has 1 aliphatic rings. The van der Waals surface area contributed by atoms with Crippen LogP contribution in [0, 0.1) is 3.70 Å². The van der Waals surface area contributed by atoms with Crippen LogP contribution in [0.3, 0.4) is 0 Å². The molecule has 0 bridgehead atoms. The van der Waals surface area contributed by atoms with Gasteiger partial charge in [0, 0.05) is 11.9 Å². The SMILES string of the molecule is CN(C)CC1COc2ccc3c(cc(I)n3CC(F)(F)F)c2N1. The number of alkyl halides is 3. The maximum atomic E-state index is 12.8. The molecule has 2 aromatic rings. The third-order valence-electron chi connectivity index (χ3n) is 3.71. The first kappa shape index (κ1) is 16.7. The number of nitrogens with zero attached hydrogens (tertiary/aromatic N) is 2. The van der Waals surface area contributed by atoms with Crippen molar-refractivity contribution in [1.82, 2.24) is 9.47 Å². The third-order valence-corrected chi connectivity index (χ3v) is 4.60. The van der Waals surface area contributed by atoms with Gasteiger partial charge in [-0.15, -0.1) is 0 Å². The molecule has 0 amide bonds. The van der Waals surface area contributed by atoms with E-state index in [2.05, 4.69) is 5.32 Å². The Hall–Kier alpha value is -1.16. The van der Waals surface area contributed by atoms with Crippen molar-refractivity contribution >= 4 is 39.2 Å². The van der Waals surface area contributed by atoms with Crippen LogP contribution in [0.4, 0.5) is 18.9 Å². The molecule has 1 aliphatic heterocycles. The molecule has 1 atom stereocenters. The van der Waals surface area contributed by atoms with Crippen LogP contribution >= 0.6 is 22.6 Å². The van der Waals surface area contributed by atoms with E-state index in [1.54, 1.807) is 18.2 Å². The molecule has 1 unspecified atom stereocenters. The molecule has 1 aromatic heterocycles. The van der Waals surface area contributed by atoms with E-state index < -0.39 is 12.7 Å². The Kier molecular flexibility index (Phi) is 4.39. The number of halogens is 4. The number of hydrogen-bond acceptors (Lipinski definition) is 3. The number of fused-ring (bicyclic) bond motifs is 3. The predicted molar refractivity (Wildman–Crippen MR) is 92.2 cm³/mol. The molecule has 0 saturated heterocycles. The maximum Gasteiger partial charge on any atom is 0.406 e. The summed E-state index contributed by atoms with van der Waals surface area (Å²) in [5.41, 5.74) is 1.34. The van der Waals surface area contributed by atoms with Crippen molar-refractivity contribution < 1.29 is 17.9 Å². The van der Waals surface area contributed by atoms with Gasteiger partial charge >= 0.3 is 6.18 Å². The van der Waals surface area contributed by atoms with Crippen molar-refractivity contribution in [2.24, 2.45) is 0 Å². The zero-order valence-electron chi connectivity index (χ0n) is 12.7. The second-order valence-electron chi connectivity index (χ2n) is 5.95. The fourth-order valence-electron chi connectivity index (χ4n) is 2.87. The fourth-order valence-corrected chi connectivity index (χ4v) is 3.61. The summed E-state index contributed by atoms with van der Waals surface area (Å²) in [5.74, 6) is 0.688. The summed E-state index contributed by atoms with van der Waals surface area (Å²) < 4.78 is 46.0. The van der Waals surface area contributed by atoms with Gasteiger partial charge in [-0.05, 0) is 54.9 Å². The van der Waals surface area contributed by atoms with Gasteiger partial charge in [0.15, 0.2) is 0 Å². The highest BCUT2D eigenvalue weighted by atomic mass is 127. The number of benzene rings is 1. The van der Waals surface area contributed by atoms with Crippen LogP contribution in [0.15, 0.2) is 18.2 Å². The van der Waals surface area contributed by atoms with E-state index in [0.29, 0.717) is 21.6 Å². The average molecular weight is 439 g/mol. The average Bonchev–Trinajstić information content (AvgIpc) is 2.73. The number of nitrogens with one attached hydrogen (secondary N) is 1. The summed E-state index contributed by atoms with van der Waals surface area (Å²) >= 11 is 1.94. The van der Waals surface area contributed by atoms with Crippen LogP contribution in [0.1, 0.15) is 0 Å². The van der Waals surface area contributed by atoms with Crippen LogP contribution in [-0.2, 0) is 6.54 Å². The van der Waals surface area contributed by atoms with Crippen molar-refractivity contribution in [3.63, 3.8) is 0 Å². The summed E-state index contributed by atoms with van der Waals surface area (Å²) in [4.78, 5) is 2.05. The van der Waals surface area contributed by atoms with Crippen molar-refractivity contribution in [2.45, 2.75) is 18.8 Å². The van der Waals surface area contributed by atoms with Crippen molar-refractivity contribution in [2.75, 3.05) is 32.6 Å². The monoisotopic (exact) mass is 439 g/mol. The van der Waals surface area contributed by atoms with E-state index >= 15 is 0 Å². The third kappa shape index (κ3) is 3.52. The molecule has 0 spiro atoms. The zero-order chi connectivity index (χ0) is 16.8. The van der Waals surface area contributed by atoms with E-state index in [1.807, 2.05) is 41.6 Å². The van der Waals surface area contributed by atoms with Crippen molar-refractivity contribution in [3.05, 3.63) is 21.9 Å². The Labute approximate surface area is 145 Å². The van der Waals surface area contributed by atoms with E-state index in [-0.39, 0.29) is 6.04 Å². The summed E-state index contributed by atoms with van der Waals surface area (Å²) in [6.07, 6.45) is -4.25. The molecule has 8 heteroatoms. The summed E-state index contributed by atoms with van der Waals surface area (Å²) in [7, 11) is 3.95. The second kappa shape index (κ2) is 6.04. The second-order valence-corrected chi connectivity index (χ2v) is 7.06. The predicted octanol–water partition coefficient (Wildman–Crippen LogP) is 3.54. The fraction of sp³-hybridized carbons (Fsp3) is 0.467. The molecule has 0 radical (unpaired) electrons. The Morgan fingerprint density at radius 1 is 1.39 bits per heavy atom. The molecule has 1 N–H and O–H groups in total. The first-order valence-electron chi connectivity index (χ1n) is 7.17. The van der Waals surface area contributed by atoms with E-state index in [1.165, 1.54) is 4.57 Å². The number of rotatable bonds is 3. The summed E-state index contributed by atoms with van der Waals surface area (Å²) in [6, 6.07) is 5.30. The molecule has 4 nitrogen and oxygen atoms in total. The highest BCUT2D eigenvalue weighted by Gasteiger charge is 2.30. The zero-order valence-corrected chi connectivity index (χ0v) is 14.9. The smallest absolute Gasteiger partial charge is 0.406 e. The Morgan fingerprint density at radius 2 is 2.13 bits per heavy atom. The van der Waals surface area contributed by atoms with Crippen LogP contribution in [0.25, 0.3) is 10.9 Å². The lowest BCUT2D eigenvalue weighted by molar-refractivity contribution is -0.140. The lowest BCUT2D eigenvalue weighted by Gasteiger charge is -2.30. The molecule has 3 rings (SSSR count). The van der Waals surface area contributed by atoms with Crippen molar-refractivity contribution in [1.29, 1.82) is 0 Å². The highest BCUT2D eigenvalue weighted by Crippen LogP contribution is 2.39. The summed E-state index contributed by atoms with van der Waals surface area (Å²) in [5, 5.41) is 4.17. The van der Waals surface area contributed by atoms with E-state index in [4.69, 9.17) is 4.74 Å². The normalized spacial score (nSPS) is 18.0. The Bertz CT molecular complexity index is 727. The van der Waals surface area contributed by atoms with Gasteiger partial charge in [0.05, 0.1) is 20.9 Å². The highest BCUT2D eigenvalue weighted by molar-refractivity contribution is 14.1. The van der Waals surface area contributed by atoms with Crippen LogP contribution in [-0.4, -0.2) is 48.9 Å². The van der Waals surface area contributed by atoms with Gasteiger partial charge in [-0.2, -0.15) is 13.2 Å². The summed E-state index contributed by atoms with van der Waals surface area (Å²) in [6.45, 7) is 0.336. The number of likely N-dealkylation sites (N-methyl/N-ethyl adjacent to an activating group) is 1. The number of anilines is 1. The largest absolute Gasteiger partial charge is 0.489 e. The standard InChI is InChI=1S/C15H17F3IN3O/c1-21(2)6-9-7-23-12-4-3-11-10(14(12)20-9)5-13(19)22(11)8-15(16,17)18/h3-5,9,20H,6-8H2,1-2H3. The molecular weight excluding hydrogens is 422 g/mol. The quantitative estimate of drug-likeness (QED) is 0.743. The van der Waals surface area contributed by atoms with Gasteiger partial charge in [-0.3, -0.25) is 0 Å². The molecular formula is C15H17F3IN3O. The number of aromatic nitrogens is 1. The molecule has 1 aromatic carbocycles. The van der Waals surface area contributed by atoms with Gasteiger partial charge in [-0.25, -0.2) is 0 Å². The minimum absolute atomic E-state index is 0.103. The lowest BCUT2D eigenvalue weighted by Crippen LogP contribution is -2.39.